The van der Waals surface area contributed by atoms with Crippen LogP contribution in [0.1, 0.15) is 24.1 Å². The van der Waals surface area contributed by atoms with Crippen LogP contribution in [0.2, 0.25) is 0 Å². The first-order valence-electron chi connectivity index (χ1n) is 9.81. The average Bonchev–Trinajstić information content (AvgIpc) is 3.24. The Morgan fingerprint density at radius 2 is 1.86 bits per heavy atom. The molecule has 9 heteroatoms. The minimum Gasteiger partial charge on any atom is -0.492 e. The fourth-order valence-electron chi connectivity index (χ4n) is 3.07. The highest BCUT2D eigenvalue weighted by Gasteiger charge is 2.27. The average molecular weight is 437 g/mol. The molecular formula is C20H28N4O3S2. The maximum Gasteiger partial charge on any atom is 0.252 e. The van der Waals surface area contributed by atoms with E-state index >= 15 is 0 Å². The molecule has 0 spiro atoms. The molecule has 2 N–H and O–H groups in total. The Kier molecular flexibility index (Phi) is 7.91. The molecule has 1 aromatic heterocycles. The molecular weight excluding hydrogens is 408 g/mol. The second-order valence-electron chi connectivity index (χ2n) is 6.70. The molecule has 0 radical (unpaired) electrons. The lowest BCUT2D eigenvalue weighted by atomic mass is 10.2. The number of benzene rings is 1. The van der Waals surface area contributed by atoms with Gasteiger partial charge in [0.15, 0.2) is 5.96 Å². The Morgan fingerprint density at radius 3 is 2.59 bits per heavy atom. The number of hydrogen-bond donors (Lipinski definition) is 2. The molecule has 29 heavy (non-hydrogen) atoms. The van der Waals surface area contributed by atoms with Crippen LogP contribution in [0.15, 0.2) is 51.7 Å². The number of sulfonamides is 1. The third-order valence-corrected chi connectivity index (χ3v) is 8.06. The first kappa shape index (κ1) is 21.6. The second kappa shape index (κ2) is 10.6. The number of piperidine rings is 1. The second-order valence-corrected chi connectivity index (χ2v) is 10.0. The molecule has 1 aromatic carbocycles. The van der Waals surface area contributed by atoms with Crippen LogP contribution in [0, 0.1) is 0 Å². The van der Waals surface area contributed by atoms with Crippen molar-refractivity contribution in [1.82, 2.24) is 14.9 Å². The summed E-state index contributed by atoms with van der Waals surface area (Å²) in [5.41, 5.74) is 0. The SMILES string of the molecule is CN=C(NCCOc1ccccc1)NCc1ccc(S(=O)(=O)N2CCCCC2)s1. The van der Waals surface area contributed by atoms with Crippen molar-refractivity contribution in [2.75, 3.05) is 33.3 Å². The summed E-state index contributed by atoms with van der Waals surface area (Å²) in [6, 6.07) is 13.2. The molecule has 0 amide bonds. The number of nitrogens with one attached hydrogen (secondary N) is 2. The molecule has 1 saturated heterocycles. The first-order chi connectivity index (χ1) is 14.1. The van der Waals surface area contributed by atoms with Gasteiger partial charge in [0.2, 0.25) is 0 Å². The molecule has 7 nitrogen and oxygen atoms in total. The molecule has 1 fully saturated rings. The normalized spacial score (nSPS) is 15.8. The van der Waals surface area contributed by atoms with Crippen LogP contribution in [0.5, 0.6) is 5.75 Å². The summed E-state index contributed by atoms with van der Waals surface area (Å²) in [5.74, 6) is 1.48. The van der Waals surface area contributed by atoms with Crippen molar-refractivity contribution in [2.45, 2.75) is 30.0 Å². The lowest BCUT2D eigenvalue weighted by Gasteiger charge is -2.25. The molecule has 0 unspecified atom stereocenters. The summed E-state index contributed by atoms with van der Waals surface area (Å²) >= 11 is 1.31. The van der Waals surface area contributed by atoms with Gasteiger partial charge < -0.3 is 15.4 Å². The van der Waals surface area contributed by atoms with E-state index < -0.39 is 10.0 Å². The minimum absolute atomic E-state index is 0.412. The Balaban J connectivity index is 1.45. The Labute approximate surface area is 176 Å². The molecule has 2 aromatic rings. The monoisotopic (exact) mass is 436 g/mol. The number of ether oxygens (including phenoxy) is 1. The Hall–Kier alpha value is -2.10. The third-order valence-electron chi connectivity index (χ3n) is 4.61. The molecule has 0 aliphatic carbocycles. The number of para-hydroxylation sites is 1. The van der Waals surface area contributed by atoms with Crippen molar-refractivity contribution in [2.24, 2.45) is 4.99 Å². The fourth-order valence-corrected chi connectivity index (χ4v) is 6.04. The van der Waals surface area contributed by atoms with Crippen LogP contribution in [0.4, 0.5) is 0 Å². The van der Waals surface area contributed by atoms with E-state index in [4.69, 9.17) is 4.74 Å². The van der Waals surface area contributed by atoms with Crippen LogP contribution >= 0.6 is 11.3 Å². The molecule has 0 atom stereocenters. The minimum atomic E-state index is -3.37. The smallest absolute Gasteiger partial charge is 0.252 e. The third kappa shape index (κ3) is 6.19. The standard InChI is InChI=1S/C20H28N4O3S2/c1-21-20(22-12-15-27-17-8-4-2-5-9-17)23-16-18-10-11-19(28-18)29(25,26)24-13-6-3-7-14-24/h2,4-5,8-11H,3,6-7,12-16H2,1H3,(H2,21,22,23). The van der Waals surface area contributed by atoms with E-state index in [1.807, 2.05) is 36.4 Å². The van der Waals surface area contributed by atoms with Gasteiger partial charge >= 0.3 is 0 Å². The largest absolute Gasteiger partial charge is 0.492 e. The summed E-state index contributed by atoms with van der Waals surface area (Å²) in [7, 11) is -1.67. The number of hydrogen-bond acceptors (Lipinski definition) is 5. The topological polar surface area (TPSA) is 83.0 Å². The van der Waals surface area contributed by atoms with Gasteiger partial charge in [-0.25, -0.2) is 8.42 Å². The van der Waals surface area contributed by atoms with E-state index in [2.05, 4.69) is 15.6 Å². The zero-order chi connectivity index (χ0) is 20.5. The van der Waals surface area contributed by atoms with Crippen LogP contribution in [0.3, 0.4) is 0 Å². The summed E-state index contributed by atoms with van der Waals surface area (Å²) in [5, 5.41) is 6.40. The van der Waals surface area contributed by atoms with Gasteiger partial charge in [-0.05, 0) is 37.1 Å². The van der Waals surface area contributed by atoms with Crippen molar-refractivity contribution in [3.63, 3.8) is 0 Å². The van der Waals surface area contributed by atoms with Gasteiger partial charge in [-0.1, -0.05) is 24.6 Å². The van der Waals surface area contributed by atoms with Crippen molar-refractivity contribution < 1.29 is 13.2 Å². The predicted octanol–water partition coefficient (Wildman–Crippen LogP) is 2.67. The Morgan fingerprint density at radius 1 is 1.10 bits per heavy atom. The molecule has 2 heterocycles. The fraction of sp³-hybridized carbons (Fsp3) is 0.450. The summed E-state index contributed by atoms with van der Waals surface area (Å²) in [6.07, 6.45) is 2.98. The van der Waals surface area contributed by atoms with E-state index in [-0.39, 0.29) is 0 Å². The zero-order valence-corrected chi connectivity index (χ0v) is 18.3. The molecule has 0 saturated carbocycles. The number of thiophene rings is 1. The predicted molar refractivity (Wildman–Crippen MR) is 117 cm³/mol. The van der Waals surface area contributed by atoms with Gasteiger partial charge in [0, 0.05) is 25.0 Å². The van der Waals surface area contributed by atoms with E-state index in [0.717, 1.165) is 29.9 Å². The Bertz CT molecular complexity index is 891. The van der Waals surface area contributed by atoms with Gasteiger partial charge in [-0.15, -0.1) is 11.3 Å². The molecule has 3 rings (SSSR count). The summed E-state index contributed by atoms with van der Waals surface area (Å²) < 4.78 is 33.2. The maximum absolute atomic E-state index is 12.8. The van der Waals surface area contributed by atoms with Crippen molar-refractivity contribution >= 4 is 27.3 Å². The van der Waals surface area contributed by atoms with E-state index in [1.54, 1.807) is 17.4 Å². The molecule has 0 bridgehead atoms. The molecule has 1 aliphatic rings. The van der Waals surface area contributed by atoms with Gasteiger partial charge in [0.05, 0.1) is 13.1 Å². The summed E-state index contributed by atoms with van der Waals surface area (Å²) in [4.78, 5) is 5.14. The van der Waals surface area contributed by atoms with Gasteiger partial charge in [0.25, 0.3) is 10.0 Å². The highest BCUT2D eigenvalue weighted by molar-refractivity contribution is 7.91. The lowest BCUT2D eigenvalue weighted by molar-refractivity contribution is 0.322. The lowest BCUT2D eigenvalue weighted by Crippen LogP contribution is -2.38. The highest BCUT2D eigenvalue weighted by atomic mass is 32.2. The number of rotatable bonds is 8. The van der Waals surface area contributed by atoms with Crippen LogP contribution in [0.25, 0.3) is 0 Å². The van der Waals surface area contributed by atoms with Crippen molar-refractivity contribution in [3.8, 4) is 5.75 Å². The quantitative estimate of drug-likeness (QED) is 0.378. The van der Waals surface area contributed by atoms with E-state index in [1.165, 1.54) is 11.3 Å². The maximum atomic E-state index is 12.8. The number of nitrogens with zero attached hydrogens (tertiary/aromatic N) is 2. The van der Waals surface area contributed by atoms with Gasteiger partial charge in [-0.3, -0.25) is 4.99 Å². The van der Waals surface area contributed by atoms with Gasteiger partial charge in [0.1, 0.15) is 16.6 Å². The van der Waals surface area contributed by atoms with E-state index in [9.17, 15) is 8.42 Å². The number of guanidine groups is 1. The molecule has 158 valence electrons. The first-order valence-corrected chi connectivity index (χ1v) is 12.1. The van der Waals surface area contributed by atoms with Crippen molar-refractivity contribution in [1.29, 1.82) is 0 Å². The highest BCUT2D eigenvalue weighted by Crippen LogP contribution is 2.27. The van der Waals surface area contributed by atoms with E-state index in [0.29, 0.717) is 43.0 Å². The summed E-state index contributed by atoms with van der Waals surface area (Å²) in [6.45, 7) is 2.87. The van der Waals surface area contributed by atoms with Crippen LogP contribution in [-0.2, 0) is 16.6 Å². The van der Waals surface area contributed by atoms with Crippen LogP contribution < -0.4 is 15.4 Å². The van der Waals surface area contributed by atoms with Crippen LogP contribution in [-0.4, -0.2) is 52.0 Å². The zero-order valence-electron chi connectivity index (χ0n) is 16.6. The number of aliphatic imine (C=N–C) groups is 1. The molecule has 1 aliphatic heterocycles. The van der Waals surface area contributed by atoms with Gasteiger partial charge in [-0.2, -0.15) is 4.31 Å². The van der Waals surface area contributed by atoms with Crippen molar-refractivity contribution in [3.05, 3.63) is 47.3 Å².